The highest BCUT2D eigenvalue weighted by atomic mass is 16.5. The second-order valence-corrected chi connectivity index (χ2v) is 9.73. The first kappa shape index (κ1) is 27.9. The van der Waals surface area contributed by atoms with Gasteiger partial charge in [-0.15, -0.1) is 0 Å². The monoisotopic (exact) mass is 529 g/mol. The van der Waals surface area contributed by atoms with Crippen LogP contribution in [0.15, 0.2) is 78.9 Å². The highest BCUT2D eigenvalue weighted by Crippen LogP contribution is 2.26. The van der Waals surface area contributed by atoms with Gasteiger partial charge in [-0.3, -0.25) is 14.5 Å². The third kappa shape index (κ3) is 8.41. The number of fused-ring (bicyclic) bond motifs is 1. The summed E-state index contributed by atoms with van der Waals surface area (Å²) in [7, 11) is 0. The Kier molecular flexibility index (Phi) is 10.1. The number of hydrogen-bond donors (Lipinski definition) is 3. The molecule has 8 heteroatoms. The third-order valence-electron chi connectivity index (χ3n) is 6.66. The normalized spacial score (nSPS) is 15.7. The van der Waals surface area contributed by atoms with Crippen molar-refractivity contribution in [3.05, 3.63) is 101 Å². The number of nitrogens with zero attached hydrogens (tertiary/aromatic N) is 1. The second kappa shape index (κ2) is 14.1. The minimum absolute atomic E-state index is 0.0802. The van der Waals surface area contributed by atoms with Crippen LogP contribution < -0.4 is 15.4 Å². The van der Waals surface area contributed by atoms with Crippen LogP contribution in [-0.4, -0.2) is 53.5 Å². The summed E-state index contributed by atoms with van der Waals surface area (Å²) in [5.41, 5.74) is 2.81. The summed E-state index contributed by atoms with van der Waals surface area (Å²) in [6, 6.07) is 23.2. The van der Waals surface area contributed by atoms with Gasteiger partial charge in [0.25, 0.3) is 5.91 Å². The van der Waals surface area contributed by atoms with Crippen molar-refractivity contribution >= 4 is 17.8 Å². The van der Waals surface area contributed by atoms with E-state index in [1.165, 1.54) is 0 Å². The van der Waals surface area contributed by atoms with Crippen LogP contribution in [0.3, 0.4) is 0 Å². The van der Waals surface area contributed by atoms with Crippen LogP contribution in [0.25, 0.3) is 0 Å². The zero-order valence-electron chi connectivity index (χ0n) is 22.0. The Morgan fingerprint density at radius 2 is 1.62 bits per heavy atom. The summed E-state index contributed by atoms with van der Waals surface area (Å²) in [4.78, 5) is 40.4. The molecule has 0 saturated carbocycles. The molecule has 39 heavy (non-hydrogen) atoms. The first-order valence-corrected chi connectivity index (χ1v) is 13.3. The third-order valence-corrected chi connectivity index (χ3v) is 6.66. The highest BCUT2D eigenvalue weighted by Gasteiger charge is 2.25. The number of carboxylic acid groups (broad SMARTS) is 1. The van der Waals surface area contributed by atoms with Crippen molar-refractivity contribution in [2.45, 2.75) is 44.8 Å². The molecular formula is C31H35N3O5. The average molecular weight is 530 g/mol. The molecule has 0 fully saturated rings. The maximum Gasteiger partial charge on any atom is 0.326 e. The minimum atomic E-state index is -1.11. The van der Waals surface area contributed by atoms with E-state index in [9.17, 15) is 19.5 Å². The van der Waals surface area contributed by atoms with Crippen LogP contribution in [0, 0.1) is 0 Å². The maximum absolute atomic E-state index is 13.6. The van der Waals surface area contributed by atoms with Crippen molar-refractivity contribution in [1.82, 2.24) is 15.5 Å². The number of aliphatic carboxylic acids is 1. The van der Waals surface area contributed by atoms with Gasteiger partial charge < -0.3 is 20.5 Å². The van der Waals surface area contributed by atoms with E-state index in [0.29, 0.717) is 36.6 Å². The summed E-state index contributed by atoms with van der Waals surface area (Å²) < 4.78 is 6.14. The van der Waals surface area contributed by atoms with Gasteiger partial charge in [0.2, 0.25) is 5.91 Å². The van der Waals surface area contributed by atoms with Crippen LogP contribution in [0.5, 0.6) is 5.75 Å². The Morgan fingerprint density at radius 1 is 0.897 bits per heavy atom. The smallest absolute Gasteiger partial charge is 0.326 e. The molecule has 1 atom stereocenters. The first-order valence-electron chi connectivity index (χ1n) is 13.3. The van der Waals surface area contributed by atoms with E-state index in [0.717, 1.165) is 30.4 Å². The predicted molar refractivity (Wildman–Crippen MR) is 148 cm³/mol. The van der Waals surface area contributed by atoms with E-state index >= 15 is 0 Å². The largest absolute Gasteiger partial charge is 0.493 e. The van der Waals surface area contributed by atoms with Gasteiger partial charge in [-0.25, -0.2) is 4.79 Å². The number of hydrogen-bond acceptors (Lipinski definition) is 5. The summed E-state index contributed by atoms with van der Waals surface area (Å²) >= 11 is 0. The first-order chi connectivity index (χ1) is 19.0. The molecule has 0 bridgehead atoms. The number of ether oxygens (including phenoxy) is 1. The lowest BCUT2D eigenvalue weighted by molar-refractivity contribution is -0.139. The molecule has 2 amide bonds. The Balaban J connectivity index is 1.64. The quantitative estimate of drug-likeness (QED) is 0.430. The molecule has 0 spiro atoms. The molecule has 1 aliphatic heterocycles. The SMILES string of the molecule is O=C1CN(Cc2ccccc2)Cc2c(cccc2C(=O)N[C@@H](Cc2ccccc2)C(=O)O)OCCCCCN1. The van der Waals surface area contributed by atoms with Crippen molar-refractivity contribution in [1.29, 1.82) is 0 Å². The van der Waals surface area contributed by atoms with Crippen molar-refractivity contribution in [2.75, 3.05) is 19.7 Å². The van der Waals surface area contributed by atoms with Crippen LogP contribution in [0.4, 0.5) is 0 Å². The highest BCUT2D eigenvalue weighted by molar-refractivity contribution is 5.98. The van der Waals surface area contributed by atoms with Gasteiger partial charge >= 0.3 is 5.97 Å². The van der Waals surface area contributed by atoms with Crippen molar-refractivity contribution in [2.24, 2.45) is 0 Å². The molecule has 0 unspecified atom stereocenters. The van der Waals surface area contributed by atoms with Crippen LogP contribution in [0.1, 0.15) is 46.3 Å². The van der Waals surface area contributed by atoms with Gasteiger partial charge in [0.15, 0.2) is 0 Å². The molecule has 0 radical (unpaired) electrons. The standard InChI is InChI=1S/C31H35N3O5/c35-29-22-34(20-24-13-6-2-7-14-24)21-26-25(15-10-16-28(26)39-18-9-3-8-17-32-29)30(36)33-27(31(37)38)19-23-11-4-1-5-12-23/h1-2,4-7,10-16,27H,3,8-9,17-22H2,(H,32,35)(H,33,36)(H,37,38)/t27-/m0/s1. The second-order valence-electron chi connectivity index (χ2n) is 9.73. The number of benzene rings is 3. The van der Waals surface area contributed by atoms with Gasteiger partial charge in [-0.05, 0) is 42.5 Å². The van der Waals surface area contributed by atoms with Gasteiger partial charge in [0.1, 0.15) is 11.8 Å². The van der Waals surface area contributed by atoms with E-state index in [2.05, 4.69) is 10.6 Å². The van der Waals surface area contributed by atoms with Crippen LogP contribution in [-0.2, 0) is 29.1 Å². The van der Waals surface area contributed by atoms with Crippen molar-refractivity contribution in [3.8, 4) is 5.75 Å². The molecular weight excluding hydrogens is 494 g/mol. The number of carbonyl (C=O) groups excluding carboxylic acids is 2. The van der Waals surface area contributed by atoms with E-state index in [1.807, 2.05) is 71.6 Å². The number of nitrogens with one attached hydrogen (secondary N) is 2. The Hall–Kier alpha value is -4.17. The average Bonchev–Trinajstić information content (AvgIpc) is 2.94. The molecule has 0 saturated heterocycles. The Bertz CT molecular complexity index is 1250. The summed E-state index contributed by atoms with van der Waals surface area (Å²) in [5.74, 6) is -1.12. The molecule has 3 N–H and O–H groups in total. The van der Waals surface area contributed by atoms with Gasteiger partial charge in [0, 0.05) is 37.2 Å². The number of amides is 2. The topological polar surface area (TPSA) is 108 Å². The van der Waals surface area contributed by atoms with E-state index < -0.39 is 17.9 Å². The van der Waals surface area contributed by atoms with E-state index in [1.54, 1.807) is 12.1 Å². The summed E-state index contributed by atoms with van der Waals surface area (Å²) in [6.45, 7) is 2.01. The fourth-order valence-electron chi connectivity index (χ4n) is 4.67. The molecule has 1 heterocycles. The number of carboxylic acids is 1. The van der Waals surface area contributed by atoms with Crippen molar-refractivity contribution < 1.29 is 24.2 Å². The molecule has 3 aromatic carbocycles. The zero-order valence-corrected chi connectivity index (χ0v) is 22.0. The molecule has 0 aliphatic carbocycles. The lowest BCUT2D eigenvalue weighted by atomic mass is 10.0. The fraction of sp³-hybridized carbons (Fsp3) is 0.323. The molecule has 4 rings (SSSR count). The van der Waals surface area contributed by atoms with Gasteiger partial charge in [0.05, 0.1) is 13.2 Å². The van der Waals surface area contributed by atoms with Gasteiger partial charge in [-0.1, -0.05) is 66.7 Å². The molecule has 0 aromatic heterocycles. The minimum Gasteiger partial charge on any atom is -0.493 e. The lowest BCUT2D eigenvalue weighted by Crippen LogP contribution is -2.43. The van der Waals surface area contributed by atoms with Crippen LogP contribution >= 0.6 is 0 Å². The number of carbonyl (C=O) groups is 3. The number of rotatable bonds is 7. The summed E-state index contributed by atoms with van der Waals surface area (Å²) in [5, 5.41) is 15.6. The molecule has 204 valence electrons. The van der Waals surface area contributed by atoms with Crippen LogP contribution in [0.2, 0.25) is 0 Å². The van der Waals surface area contributed by atoms with E-state index in [4.69, 9.17) is 4.74 Å². The van der Waals surface area contributed by atoms with E-state index in [-0.39, 0.29) is 25.4 Å². The van der Waals surface area contributed by atoms with Crippen molar-refractivity contribution in [3.63, 3.8) is 0 Å². The fourth-order valence-corrected chi connectivity index (χ4v) is 4.67. The predicted octanol–water partition coefficient (Wildman–Crippen LogP) is 3.79. The Morgan fingerprint density at radius 3 is 2.33 bits per heavy atom. The van der Waals surface area contributed by atoms with Gasteiger partial charge in [-0.2, -0.15) is 0 Å². The zero-order chi connectivity index (χ0) is 27.5. The summed E-state index contributed by atoms with van der Waals surface area (Å²) in [6.07, 6.45) is 2.75. The Labute approximate surface area is 229 Å². The maximum atomic E-state index is 13.6. The molecule has 3 aromatic rings. The lowest BCUT2D eigenvalue weighted by Gasteiger charge is -2.25. The molecule has 8 nitrogen and oxygen atoms in total. The molecule has 1 aliphatic rings.